The molecule has 0 spiro atoms. The maximum atomic E-state index is 4.41. The number of halogens is 1. The van der Waals surface area contributed by atoms with Crippen molar-refractivity contribution in [2.45, 2.75) is 6.92 Å². The molecule has 0 atom stereocenters. The van der Waals surface area contributed by atoms with Gasteiger partial charge in [-0.3, -0.25) is 4.98 Å². The number of rotatable bonds is 3. The largest absolute Gasteiger partial charge is 0.304 e. The first-order valence-electron chi connectivity index (χ1n) is 4.71. The summed E-state index contributed by atoms with van der Waals surface area (Å²) in [6.45, 7) is 2.84. The van der Waals surface area contributed by atoms with E-state index in [2.05, 4.69) is 36.7 Å². The number of nitrogens with one attached hydrogen (secondary N) is 2. The minimum absolute atomic E-state index is 0.724. The van der Waals surface area contributed by atoms with Crippen LogP contribution < -0.4 is 10.9 Å². The molecular weight excluding hydrogens is 256 g/mol. The molecule has 1 heterocycles. The van der Waals surface area contributed by atoms with E-state index >= 15 is 0 Å². The van der Waals surface area contributed by atoms with Crippen molar-refractivity contribution < 1.29 is 0 Å². The van der Waals surface area contributed by atoms with Crippen molar-refractivity contribution in [3.05, 3.63) is 28.9 Å². The summed E-state index contributed by atoms with van der Waals surface area (Å²) in [5.41, 5.74) is 7.70. The van der Waals surface area contributed by atoms with Gasteiger partial charge in [-0.2, -0.15) is 0 Å². The van der Waals surface area contributed by atoms with Gasteiger partial charge in [0.2, 0.25) is 0 Å². The van der Waals surface area contributed by atoms with Gasteiger partial charge in [-0.05, 0) is 18.2 Å². The van der Waals surface area contributed by atoms with Gasteiger partial charge in [0.1, 0.15) is 0 Å². The molecular formula is C10H11BrN4. The minimum Gasteiger partial charge on any atom is -0.304 e. The molecule has 2 rings (SSSR count). The molecule has 78 valence electrons. The molecule has 0 aliphatic rings. The Labute approximate surface area is 96.2 Å². The quantitative estimate of drug-likeness (QED) is 0.838. The van der Waals surface area contributed by atoms with E-state index in [-0.39, 0.29) is 0 Å². The molecule has 0 saturated heterocycles. The highest BCUT2D eigenvalue weighted by Gasteiger charge is 1.99. The van der Waals surface area contributed by atoms with Gasteiger partial charge in [-0.1, -0.05) is 22.9 Å². The zero-order chi connectivity index (χ0) is 10.7. The summed E-state index contributed by atoms with van der Waals surface area (Å²) < 4.78 is 1.00. The van der Waals surface area contributed by atoms with E-state index < -0.39 is 0 Å². The Balaban J connectivity index is 2.36. The maximum absolute atomic E-state index is 4.41. The van der Waals surface area contributed by atoms with E-state index in [0.29, 0.717) is 0 Å². The van der Waals surface area contributed by atoms with Gasteiger partial charge in [-0.25, -0.2) is 10.4 Å². The first kappa shape index (κ1) is 10.3. The molecule has 1 aromatic carbocycles. The molecule has 1 aromatic heterocycles. The molecule has 0 aliphatic heterocycles. The maximum Gasteiger partial charge on any atom is 0.159 e. The van der Waals surface area contributed by atoms with Crippen LogP contribution in [0.1, 0.15) is 6.92 Å². The van der Waals surface area contributed by atoms with Crippen LogP contribution in [0.5, 0.6) is 0 Å². The van der Waals surface area contributed by atoms with Crippen molar-refractivity contribution in [2.24, 2.45) is 0 Å². The standard InChI is InChI=1S/C10H11BrN4/c1-2-13-15-10-6-12-8-4-3-7(11)5-9(8)14-10/h3-6,13H,2H2,1H3,(H,14,15). The lowest BCUT2D eigenvalue weighted by Crippen LogP contribution is -2.21. The van der Waals surface area contributed by atoms with Crippen LogP contribution in [0.3, 0.4) is 0 Å². The third-order valence-corrected chi connectivity index (χ3v) is 2.39. The van der Waals surface area contributed by atoms with E-state index in [1.54, 1.807) is 6.20 Å². The molecule has 0 fully saturated rings. The summed E-state index contributed by atoms with van der Waals surface area (Å²) in [4.78, 5) is 8.70. The highest BCUT2D eigenvalue weighted by molar-refractivity contribution is 9.10. The molecule has 0 amide bonds. The van der Waals surface area contributed by atoms with Crippen molar-refractivity contribution in [3.8, 4) is 0 Å². The average Bonchev–Trinajstić information content (AvgIpc) is 2.25. The lowest BCUT2D eigenvalue weighted by molar-refractivity contribution is 0.836. The second-order valence-electron chi connectivity index (χ2n) is 3.04. The molecule has 2 aromatic rings. The summed E-state index contributed by atoms with van der Waals surface area (Å²) in [5, 5.41) is 0. The lowest BCUT2D eigenvalue weighted by Gasteiger charge is -2.05. The molecule has 0 aliphatic carbocycles. The Morgan fingerprint density at radius 2 is 2.20 bits per heavy atom. The second-order valence-corrected chi connectivity index (χ2v) is 3.96. The minimum atomic E-state index is 0.724. The molecule has 5 heteroatoms. The molecule has 2 N–H and O–H groups in total. The number of benzene rings is 1. The van der Waals surface area contributed by atoms with E-state index in [1.165, 1.54) is 0 Å². The van der Waals surface area contributed by atoms with E-state index in [4.69, 9.17) is 0 Å². The van der Waals surface area contributed by atoms with Crippen LogP contribution in [0.2, 0.25) is 0 Å². The third kappa shape index (κ3) is 2.43. The van der Waals surface area contributed by atoms with Gasteiger partial charge < -0.3 is 5.43 Å². The lowest BCUT2D eigenvalue weighted by atomic mass is 10.3. The van der Waals surface area contributed by atoms with Gasteiger partial charge in [0.25, 0.3) is 0 Å². The molecule has 4 nitrogen and oxygen atoms in total. The number of hydrogen-bond acceptors (Lipinski definition) is 4. The fourth-order valence-corrected chi connectivity index (χ4v) is 1.57. The Morgan fingerprint density at radius 1 is 1.33 bits per heavy atom. The predicted molar refractivity (Wildman–Crippen MR) is 64.5 cm³/mol. The fraction of sp³-hybridized carbons (Fsp3) is 0.200. The summed E-state index contributed by atoms with van der Waals surface area (Å²) >= 11 is 3.41. The normalized spacial score (nSPS) is 10.5. The van der Waals surface area contributed by atoms with Gasteiger partial charge in [0.05, 0.1) is 17.2 Å². The highest BCUT2D eigenvalue weighted by atomic mass is 79.9. The Hall–Kier alpha value is -1.20. The SMILES string of the molecule is CCNNc1cnc2ccc(Br)cc2n1. The highest BCUT2D eigenvalue weighted by Crippen LogP contribution is 2.17. The summed E-state index contributed by atoms with van der Waals surface area (Å²) in [7, 11) is 0. The van der Waals surface area contributed by atoms with Crippen LogP contribution in [-0.4, -0.2) is 16.5 Å². The van der Waals surface area contributed by atoms with Crippen LogP contribution in [0.15, 0.2) is 28.9 Å². The molecule has 0 saturated carbocycles. The van der Waals surface area contributed by atoms with Crippen molar-refractivity contribution in [1.82, 2.24) is 15.4 Å². The number of hydrazine groups is 1. The first-order chi connectivity index (χ1) is 7.29. The summed E-state index contributed by atoms with van der Waals surface area (Å²) in [5.74, 6) is 0.724. The number of nitrogens with zero attached hydrogens (tertiary/aromatic N) is 2. The number of aromatic nitrogens is 2. The predicted octanol–water partition coefficient (Wildman–Crippen LogP) is 2.33. The van der Waals surface area contributed by atoms with Gasteiger partial charge in [0.15, 0.2) is 5.82 Å². The third-order valence-electron chi connectivity index (χ3n) is 1.90. The Morgan fingerprint density at radius 3 is 3.00 bits per heavy atom. The van der Waals surface area contributed by atoms with Crippen molar-refractivity contribution in [1.29, 1.82) is 0 Å². The molecule has 0 radical (unpaired) electrons. The van der Waals surface area contributed by atoms with Crippen LogP contribution >= 0.6 is 15.9 Å². The van der Waals surface area contributed by atoms with E-state index in [9.17, 15) is 0 Å². The Bertz CT molecular complexity index is 472. The summed E-state index contributed by atoms with van der Waals surface area (Å²) in [6.07, 6.45) is 1.71. The van der Waals surface area contributed by atoms with Crippen molar-refractivity contribution >= 4 is 32.8 Å². The molecule has 15 heavy (non-hydrogen) atoms. The zero-order valence-electron chi connectivity index (χ0n) is 8.29. The van der Waals surface area contributed by atoms with Crippen LogP contribution in [0.25, 0.3) is 11.0 Å². The van der Waals surface area contributed by atoms with Gasteiger partial charge in [-0.15, -0.1) is 0 Å². The topological polar surface area (TPSA) is 49.8 Å². The number of anilines is 1. The zero-order valence-corrected chi connectivity index (χ0v) is 9.87. The van der Waals surface area contributed by atoms with Crippen molar-refractivity contribution in [2.75, 3.05) is 12.0 Å². The van der Waals surface area contributed by atoms with E-state index in [1.807, 2.05) is 25.1 Å². The van der Waals surface area contributed by atoms with Gasteiger partial charge >= 0.3 is 0 Å². The van der Waals surface area contributed by atoms with Crippen LogP contribution in [0.4, 0.5) is 5.82 Å². The molecule has 0 unspecified atom stereocenters. The fourth-order valence-electron chi connectivity index (χ4n) is 1.22. The molecule has 0 bridgehead atoms. The Kier molecular flexibility index (Phi) is 3.13. The summed E-state index contributed by atoms with van der Waals surface area (Å²) in [6, 6.07) is 5.83. The van der Waals surface area contributed by atoms with Crippen LogP contribution in [0, 0.1) is 0 Å². The average molecular weight is 267 g/mol. The monoisotopic (exact) mass is 266 g/mol. The number of fused-ring (bicyclic) bond motifs is 1. The van der Waals surface area contributed by atoms with E-state index in [0.717, 1.165) is 27.9 Å². The smallest absolute Gasteiger partial charge is 0.159 e. The van der Waals surface area contributed by atoms with Gasteiger partial charge in [0, 0.05) is 11.0 Å². The number of hydrogen-bond donors (Lipinski definition) is 2. The first-order valence-corrected chi connectivity index (χ1v) is 5.50. The van der Waals surface area contributed by atoms with Crippen LogP contribution in [-0.2, 0) is 0 Å². The van der Waals surface area contributed by atoms with Crippen molar-refractivity contribution in [3.63, 3.8) is 0 Å². The second kappa shape index (κ2) is 4.55.